The van der Waals surface area contributed by atoms with Gasteiger partial charge in [-0.3, -0.25) is 10.1 Å². The zero-order chi connectivity index (χ0) is 11.9. The Hall–Kier alpha value is -2.24. The quantitative estimate of drug-likeness (QED) is 0.454. The topological polar surface area (TPSA) is 82.0 Å². The number of anilines is 1. The fraction of sp³-hybridized carbons (Fsp3) is 0.100. The normalized spacial score (nSPS) is 10.6. The van der Waals surface area contributed by atoms with Crippen molar-refractivity contribution in [1.29, 1.82) is 0 Å². The van der Waals surface area contributed by atoms with Crippen LogP contribution in [0.5, 0.6) is 0 Å². The van der Waals surface area contributed by atoms with Gasteiger partial charge in [-0.2, -0.15) is 0 Å². The van der Waals surface area contributed by atoms with Gasteiger partial charge in [-0.1, -0.05) is 0 Å². The van der Waals surface area contributed by atoms with Crippen LogP contribution in [0.1, 0.15) is 5.69 Å². The predicted octanol–water partition coefficient (Wildman–Crippen LogP) is 2.17. The fourth-order valence-electron chi connectivity index (χ4n) is 1.49. The number of aromatic nitrogens is 1. The second-order valence-corrected chi connectivity index (χ2v) is 3.38. The van der Waals surface area contributed by atoms with E-state index in [1.54, 1.807) is 0 Å². The van der Waals surface area contributed by atoms with Gasteiger partial charge in [-0.05, 0) is 19.1 Å². The lowest BCUT2D eigenvalue weighted by Crippen LogP contribution is -1.98. The molecule has 6 heteroatoms. The number of benzene rings is 1. The number of nitrogens with zero attached hydrogens (tertiary/aromatic N) is 2. The summed E-state index contributed by atoms with van der Waals surface area (Å²) < 4.78 is 13.3. The Balaban J connectivity index is 2.84. The summed E-state index contributed by atoms with van der Waals surface area (Å²) in [7, 11) is 0. The lowest BCUT2D eigenvalue weighted by atomic mass is 10.1. The molecule has 0 spiro atoms. The Bertz CT molecular complexity index is 598. The van der Waals surface area contributed by atoms with Crippen LogP contribution in [0.2, 0.25) is 0 Å². The zero-order valence-electron chi connectivity index (χ0n) is 8.40. The maximum Gasteiger partial charge on any atom is 0.292 e. The largest absolute Gasteiger partial charge is 0.393 e. The minimum Gasteiger partial charge on any atom is -0.393 e. The highest BCUT2D eigenvalue weighted by Gasteiger charge is 2.15. The molecule has 0 saturated carbocycles. The molecule has 1 aromatic carbocycles. The van der Waals surface area contributed by atoms with E-state index in [0.717, 1.165) is 0 Å². The summed E-state index contributed by atoms with van der Waals surface area (Å²) in [5.41, 5.74) is 5.97. The second kappa shape index (κ2) is 3.41. The highest BCUT2D eigenvalue weighted by Crippen LogP contribution is 2.30. The van der Waals surface area contributed by atoms with Gasteiger partial charge in [0, 0.05) is 11.5 Å². The fourth-order valence-corrected chi connectivity index (χ4v) is 1.49. The number of hydrogen-bond acceptors (Lipinski definition) is 4. The number of aryl methyl sites for hydroxylation is 1. The summed E-state index contributed by atoms with van der Waals surface area (Å²) in [5.74, 6) is -0.528. The van der Waals surface area contributed by atoms with Gasteiger partial charge in [0.25, 0.3) is 5.69 Å². The molecule has 16 heavy (non-hydrogen) atoms. The molecule has 0 amide bonds. The van der Waals surface area contributed by atoms with Crippen molar-refractivity contribution in [2.24, 2.45) is 0 Å². The summed E-state index contributed by atoms with van der Waals surface area (Å²) in [6.45, 7) is 1.52. The summed E-state index contributed by atoms with van der Waals surface area (Å²) in [5, 5.41) is 10.9. The molecular formula is C10H8FN3O2. The van der Waals surface area contributed by atoms with Crippen molar-refractivity contribution in [3.63, 3.8) is 0 Å². The lowest BCUT2D eigenvalue weighted by molar-refractivity contribution is -0.383. The number of pyridine rings is 1. The van der Waals surface area contributed by atoms with Crippen LogP contribution < -0.4 is 5.73 Å². The Kier molecular flexibility index (Phi) is 2.19. The molecule has 2 aromatic rings. The molecular weight excluding hydrogens is 213 g/mol. The number of hydrogen-bond donors (Lipinski definition) is 1. The molecule has 82 valence electrons. The highest BCUT2D eigenvalue weighted by atomic mass is 19.1. The Morgan fingerprint density at radius 1 is 1.50 bits per heavy atom. The van der Waals surface area contributed by atoms with Gasteiger partial charge in [0.1, 0.15) is 11.5 Å². The van der Waals surface area contributed by atoms with E-state index in [1.807, 2.05) is 0 Å². The molecule has 0 radical (unpaired) electrons. The average molecular weight is 221 g/mol. The smallest absolute Gasteiger partial charge is 0.292 e. The monoisotopic (exact) mass is 221 g/mol. The Labute approximate surface area is 89.9 Å². The third-order valence-electron chi connectivity index (χ3n) is 2.34. The van der Waals surface area contributed by atoms with Crippen LogP contribution in [0.4, 0.5) is 15.8 Å². The number of rotatable bonds is 1. The molecule has 0 aliphatic rings. The average Bonchev–Trinajstić information content (AvgIpc) is 2.21. The molecule has 2 rings (SSSR count). The van der Waals surface area contributed by atoms with Crippen molar-refractivity contribution in [1.82, 2.24) is 4.98 Å². The van der Waals surface area contributed by atoms with Crippen LogP contribution in [0.25, 0.3) is 10.9 Å². The first-order chi connectivity index (χ1) is 7.50. The van der Waals surface area contributed by atoms with Gasteiger partial charge in [0.2, 0.25) is 0 Å². The molecule has 0 atom stereocenters. The van der Waals surface area contributed by atoms with Crippen molar-refractivity contribution < 1.29 is 9.31 Å². The van der Waals surface area contributed by atoms with Gasteiger partial charge < -0.3 is 5.73 Å². The first-order valence-electron chi connectivity index (χ1n) is 4.50. The Morgan fingerprint density at radius 2 is 2.19 bits per heavy atom. The summed E-state index contributed by atoms with van der Waals surface area (Å²) >= 11 is 0. The highest BCUT2D eigenvalue weighted by molar-refractivity contribution is 5.95. The van der Waals surface area contributed by atoms with Crippen molar-refractivity contribution >= 4 is 22.3 Å². The Morgan fingerprint density at radius 3 is 2.81 bits per heavy atom. The summed E-state index contributed by atoms with van der Waals surface area (Å²) in [6.07, 6.45) is 0. The molecule has 2 N–H and O–H groups in total. The second-order valence-electron chi connectivity index (χ2n) is 3.38. The lowest BCUT2D eigenvalue weighted by Gasteiger charge is -2.04. The van der Waals surface area contributed by atoms with E-state index in [1.165, 1.54) is 25.1 Å². The van der Waals surface area contributed by atoms with E-state index in [-0.39, 0.29) is 22.5 Å². The maximum absolute atomic E-state index is 13.3. The van der Waals surface area contributed by atoms with E-state index in [0.29, 0.717) is 5.52 Å². The molecule has 0 saturated heterocycles. The number of nitro benzene ring substituents is 1. The number of nitro groups is 1. The molecule has 1 heterocycles. The van der Waals surface area contributed by atoms with E-state index in [2.05, 4.69) is 4.98 Å². The van der Waals surface area contributed by atoms with E-state index in [4.69, 9.17) is 5.73 Å². The van der Waals surface area contributed by atoms with E-state index < -0.39 is 10.7 Å². The number of fused-ring (bicyclic) bond motifs is 1. The molecule has 0 aliphatic carbocycles. The minimum atomic E-state index is -0.605. The molecule has 0 unspecified atom stereocenters. The van der Waals surface area contributed by atoms with Crippen molar-refractivity contribution in [2.45, 2.75) is 6.92 Å². The van der Waals surface area contributed by atoms with Crippen molar-refractivity contribution in [2.75, 3.05) is 5.73 Å². The van der Waals surface area contributed by atoms with Crippen LogP contribution in [-0.4, -0.2) is 9.91 Å². The number of nitrogen functional groups attached to an aromatic ring is 1. The summed E-state index contributed by atoms with van der Waals surface area (Å²) in [4.78, 5) is 14.0. The molecule has 5 nitrogen and oxygen atoms in total. The first kappa shape index (κ1) is 10.3. The minimum absolute atomic E-state index is 0.0612. The maximum atomic E-state index is 13.3. The van der Waals surface area contributed by atoms with Gasteiger partial charge in [-0.15, -0.1) is 0 Å². The number of nitrogens with two attached hydrogens (primary N) is 1. The summed E-state index contributed by atoms with van der Waals surface area (Å²) in [6, 6.07) is 3.89. The van der Waals surface area contributed by atoms with Crippen LogP contribution >= 0.6 is 0 Å². The zero-order valence-corrected chi connectivity index (χ0v) is 8.40. The van der Waals surface area contributed by atoms with Crippen LogP contribution in [-0.2, 0) is 0 Å². The van der Waals surface area contributed by atoms with Crippen molar-refractivity contribution in [3.05, 3.63) is 39.8 Å². The predicted molar refractivity (Wildman–Crippen MR) is 57.5 cm³/mol. The van der Waals surface area contributed by atoms with Crippen LogP contribution in [0.15, 0.2) is 18.2 Å². The van der Waals surface area contributed by atoms with Crippen molar-refractivity contribution in [3.8, 4) is 0 Å². The van der Waals surface area contributed by atoms with Gasteiger partial charge in [-0.25, -0.2) is 9.37 Å². The van der Waals surface area contributed by atoms with Gasteiger partial charge >= 0.3 is 0 Å². The molecule has 1 aromatic heterocycles. The van der Waals surface area contributed by atoms with E-state index in [9.17, 15) is 14.5 Å². The number of halogens is 1. The van der Waals surface area contributed by atoms with E-state index >= 15 is 0 Å². The SMILES string of the molecule is Cc1nc2ccc([N+](=O)[O-])c(N)c2cc1F. The van der Waals surface area contributed by atoms with Gasteiger partial charge in [0.05, 0.1) is 16.1 Å². The van der Waals surface area contributed by atoms with Crippen LogP contribution in [0.3, 0.4) is 0 Å². The third kappa shape index (κ3) is 1.44. The van der Waals surface area contributed by atoms with Gasteiger partial charge in [0.15, 0.2) is 0 Å². The third-order valence-corrected chi connectivity index (χ3v) is 2.34. The molecule has 0 fully saturated rings. The molecule has 0 bridgehead atoms. The first-order valence-corrected chi connectivity index (χ1v) is 4.50. The molecule has 0 aliphatic heterocycles. The van der Waals surface area contributed by atoms with Crippen LogP contribution in [0, 0.1) is 22.9 Å². The standard InChI is InChI=1S/C10H8FN3O2/c1-5-7(11)4-6-8(13-5)2-3-9(10(6)12)14(15)16/h2-4H,12H2,1H3.